The minimum absolute atomic E-state index is 0.0361. The molecule has 0 unspecified atom stereocenters. The van der Waals surface area contributed by atoms with E-state index in [0.717, 1.165) is 6.07 Å². The van der Waals surface area contributed by atoms with Gasteiger partial charge in [0.2, 0.25) is 0 Å². The molecule has 0 fully saturated rings. The largest absolute Gasteiger partial charge is 0.267 e. The van der Waals surface area contributed by atoms with E-state index < -0.39 is 32.2 Å². The van der Waals surface area contributed by atoms with Gasteiger partial charge in [-0.05, 0) is 18.6 Å². The third kappa shape index (κ3) is 2.61. The number of primary sulfonamides is 1. The fraction of sp³-hybridized carbons (Fsp3) is 0.286. The van der Waals surface area contributed by atoms with E-state index in [2.05, 4.69) is 4.98 Å². The molecular weight excluding hydrogens is 250 g/mol. The third-order valence-corrected chi connectivity index (χ3v) is 2.79. The zero-order valence-electron chi connectivity index (χ0n) is 7.54. The van der Waals surface area contributed by atoms with Gasteiger partial charge in [-0.25, -0.2) is 27.3 Å². The van der Waals surface area contributed by atoms with Gasteiger partial charge in [0.1, 0.15) is 5.15 Å². The van der Waals surface area contributed by atoms with Crippen LogP contribution < -0.4 is 5.14 Å². The van der Waals surface area contributed by atoms with Gasteiger partial charge < -0.3 is 0 Å². The summed E-state index contributed by atoms with van der Waals surface area (Å²) in [6.45, 7) is 1.31. The molecule has 8 heteroatoms. The van der Waals surface area contributed by atoms with Gasteiger partial charge in [0.05, 0.1) is 5.56 Å². The van der Waals surface area contributed by atoms with Crippen molar-refractivity contribution >= 4 is 21.6 Å². The van der Waals surface area contributed by atoms with Gasteiger partial charge in [-0.2, -0.15) is 0 Å². The zero-order chi connectivity index (χ0) is 11.8. The monoisotopic (exact) mass is 256 g/mol. The van der Waals surface area contributed by atoms with Gasteiger partial charge in [-0.1, -0.05) is 11.6 Å². The normalized spacial score (nSPS) is 12.1. The quantitative estimate of drug-likeness (QED) is 0.818. The Hall–Kier alpha value is -0.790. The minimum Gasteiger partial charge on any atom is -0.223 e. The third-order valence-electron chi connectivity index (χ3n) is 1.71. The maximum Gasteiger partial charge on any atom is 0.267 e. The average molecular weight is 257 g/mol. The number of alkyl halides is 2. The Morgan fingerprint density at radius 3 is 2.40 bits per heavy atom. The van der Waals surface area contributed by atoms with Crippen LogP contribution in [-0.4, -0.2) is 13.4 Å². The van der Waals surface area contributed by atoms with E-state index in [0.29, 0.717) is 0 Å². The van der Waals surface area contributed by atoms with Crippen molar-refractivity contribution in [1.29, 1.82) is 0 Å². The van der Waals surface area contributed by atoms with Crippen molar-refractivity contribution in [3.8, 4) is 0 Å². The van der Waals surface area contributed by atoms with Gasteiger partial charge in [0.15, 0.2) is 5.03 Å². The lowest BCUT2D eigenvalue weighted by atomic mass is 10.2. The summed E-state index contributed by atoms with van der Waals surface area (Å²) in [4.78, 5) is 3.30. The Bertz CT molecular complexity index is 467. The highest BCUT2D eigenvalue weighted by atomic mass is 35.5. The number of aryl methyl sites for hydroxylation is 1. The van der Waals surface area contributed by atoms with E-state index in [1.54, 1.807) is 0 Å². The summed E-state index contributed by atoms with van der Waals surface area (Å²) in [7, 11) is -4.03. The molecule has 0 aliphatic rings. The van der Waals surface area contributed by atoms with E-state index in [-0.39, 0.29) is 5.56 Å². The fourth-order valence-electron chi connectivity index (χ4n) is 1.02. The summed E-state index contributed by atoms with van der Waals surface area (Å²) >= 11 is 5.42. The summed E-state index contributed by atoms with van der Waals surface area (Å²) in [5, 5.41) is 3.72. The number of halogens is 3. The van der Waals surface area contributed by atoms with Crippen molar-refractivity contribution in [2.45, 2.75) is 18.4 Å². The SMILES string of the molecule is Cc1cc(S(N)(=O)=O)nc(Cl)c1C(F)F. The fourth-order valence-corrected chi connectivity index (χ4v) is 1.96. The first-order valence-corrected chi connectivity index (χ1v) is 5.64. The molecule has 15 heavy (non-hydrogen) atoms. The smallest absolute Gasteiger partial charge is 0.223 e. The van der Waals surface area contributed by atoms with Gasteiger partial charge in [0, 0.05) is 0 Å². The molecule has 0 aromatic carbocycles. The van der Waals surface area contributed by atoms with Crippen LogP contribution in [0, 0.1) is 6.92 Å². The lowest BCUT2D eigenvalue weighted by Gasteiger charge is -2.08. The number of nitrogens with zero attached hydrogens (tertiary/aromatic N) is 1. The molecule has 2 N–H and O–H groups in total. The Kier molecular flexibility index (Phi) is 3.27. The van der Waals surface area contributed by atoms with Crippen LogP contribution in [0.2, 0.25) is 5.15 Å². The van der Waals surface area contributed by atoms with Crippen LogP contribution in [-0.2, 0) is 10.0 Å². The van der Waals surface area contributed by atoms with Crippen LogP contribution in [0.3, 0.4) is 0 Å². The molecule has 0 saturated heterocycles. The van der Waals surface area contributed by atoms with Gasteiger partial charge in [-0.15, -0.1) is 0 Å². The molecule has 0 aliphatic carbocycles. The summed E-state index contributed by atoms with van der Waals surface area (Å²) in [6.07, 6.45) is -2.81. The zero-order valence-corrected chi connectivity index (χ0v) is 9.11. The maximum atomic E-state index is 12.4. The number of aromatic nitrogens is 1. The number of pyridine rings is 1. The van der Waals surface area contributed by atoms with E-state index in [1.807, 2.05) is 0 Å². The van der Waals surface area contributed by atoms with Gasteiger partial charge >= 0.3 is 0 Å². The highest BCUT2D eigenvalue weighted by Crippen LogP contribution is 2.29. The van der Waals surface area contributed by atoms with Crippen molar-refractivity contribution in [2.75, 3.05) is 0 Å². The van der Waals surface area contributed by atoms with Crippen LogP contribution in [0.25, 0.3) is 0 Å². The molecule has 4 nitrogen and oxygen atoms in total. The average Bonchev–Trinajstić information content (AvgIpc) is 1.99. The summed E-state index contributed by atoms with van der Waals surface area (Å²) in [6, 6.07) is 0.961. The standard InChI is InChI=1S/C7H7ClF2N2O2S/c1-3-2-4(15(11,13)14)12-6(8)5(3)7(9)10/h2,7H,1H3,(H2,11,13,14). The predicted molar refractivity (Wildman–Crippen MR) is 50.3 cm³/mol. The highest BCUT2D eigenvalue weighted by molar-refractivity contribution is 7.89. The number of hydrogen-bond acceptors (Lipinski definition) is 3. The van der Waals surface area contributed by atoms with Gasteiger partial charge in [-0.3, -0.25) is 0 Å². The van der Waals surface area contributed by atoms with E-state index >= 15 is 0 Å². The predicted octanol–water partition coefficient (Wildman–Crippen LogP) is 1.63. The molecule has 0 bridgehead atoms. The molecule has 1 rings (SSSR count). The van der Waals surface area contributed by atoms with Gasteiger partial charge in [0.25, 0.3) is 16.4 Å². The number of nitrogens with two attached hydrogens (primary N) is 1. The van der Waals surface area contributed by atoms with Crippen LogP contribution >= 0.6 is 11.6 Å². The summed E-state index contributed by atoms with van der Waals surface area (Å²) < 4.78 is 46.6. The minimum atomic E-state index is -4.03. The molecule has 1 aromatic heterocycles. The summed E-state index contributed by atoms with van der Waals surface area (Å²) in [5.41, 5.74) is -0.446. The molecule has 0 saturated carbocycles. The van der Waals surface area contributed by atoms with Crippen LogP contribution in [0.1, 0.15) is 17.6 Å². The number of hydrogen-bond donors (Lipinski definition) is 1. The van der Waals surface area contributed by atoms with E-state index in [1.165, 1.54) is 6.92 Å². The Morgan fingerprint density at radius 2 is 2.07 bits per heavy atom. The second-order valence-electron chi connectivity index (χ2n) is 2.83. The molecule has 0 atom stereocenters. The number of rotatable bonds is 2. The van der Waals surface area contributed by atoms with Crippen molar-refractivity contribution in [2.24, 2.45) is 5.14 Å². The second-order valence-corrected chi connectivity index (χ2v) is 4.69. The van der Waals surface area contributed by atoms with E-state index in [9.17, 15) is 17.2 Å². The summed E-state index contributed by atoms with van der Waals surface area (Å²) in [5.74, 6) is 0. The molecule has 1 aromatic rings. The maximum absolute atomic E-state index is 12.4. The highest BCUT2D eigenvalue weighted by Gasteiger charge is 2.20. The molecule has 0 aliphatic heterocycles. The first-order chi connectivity index (χ1) is 6.73. The molecular formula is C7H7ClF2N2O2S. The Morgan fingerprint density at radius 1 is 1.53 bits per heavy atom. The first-order valence-electron chi connectivity index (χ1n) is 3.71. The number of sulfonamides is 1. The second kappa shape index (κ2) is 3.99. The first kappa shape index (κ1) is 12.3. The molecule has 0 amide bonds. The van der Waals surface area contributed by atoms with Crippen molar-refractivity contribution < 1.29 is 17.2 Å². The Labute approximate surface area is 90.1 Å². The van der Waals surface area contributed by atoms with Crippen molar-refractivity contribution in [3.63, 3.8) is 0 Å². The van der Waals surface area contributed by atoms with Crippen molar-refractivity contribution in [1.82, 2.24) is 4.98 Å². The van der Waals surface area contributed by atoms with Crippen LogP contribution in [0.15, 0.2) is 11.1 Å². The lowest BCUT2D eigenvalue weighted by Crippen LogP contribution is -2.15. The molecule has 84 valence electrons. The molecule has 0 spiro atoms. The Balaban J connectivity index is 3.45. The van der Waals surface area contributed by atoms with E-state index in [4.69, 9.17) is 16.7 Å². The molecule has 1 heterocycles. The van der Waals surface area contributed by atoms with Crippen LogP contribution in [0.5, 0.6) is 0 Å². The topological polar surface area (TPSA) is 73.1 Å². The van der Waals surface area contributed by atoms with Crippen LogP contribution in [0.4, 0.5) is 8.78 Å². The molecule has 0 radical (unpaired) electrons. The lowest BCUT2D eigenvalue weighted by molar-refractivity contribution is 0.150. The van der Waals surface area contributed by atoms with Crippen molar-refractivity contribution in [3.05, 3.63) is 22.3 Å².